The van der Waals surface area contributed by atoms with Crippen LogP contribution in [-0.4, -0.2) is 23.7 Å². The number of aliphatic hydroxyl groups excluding tert-OH is 1. The van der Waals surface area contributed by atoms with Gasteiger partial charge in [0.25, 0.3) is 5.91 Å². The standard InChI is InChI=1S/C17H25NO3/c1-3-4-5-11-18-17(20)12(2)21-16-8-6-7-13-14(16)9-10-15(13)19/h6-8,12,15,19H,3-5,9-11H2,1-2H3,(H,18,20). The zero-order chi connectivity index (χ0) is 15.2. The van der Waals surface area contributed by atoms with Gasteiger partial charge in [-0.15, -0.1) is 0 Å². The zero-order valence-electron chi connectivity index (χ0n) is 12.9. The van der Waals surface area contributed by atoms with Crippen molar-refractivity contribution < 1.29 is 14.6 Å². The highest BCUT2D eigenvalue weighted by Crippen LogP contribution is 2.37. The fourth-order valence-corrected chi connectivity index (χ4v) is 2.68. The molecule has 116 valence electrons. The van der Waals surface area contributed by atoms with Gasteiger partial charge in [0.2, 0.25) is 0 Å². The van der Waals surface area contributed by atoms with Crippen LogP contribution >= 0.6 is 0 Å². The molecular weight excluding hydrogens is 266 g/mol. The van der Waals surface area contributed by atoms with E-state index in [1.54, 1.807) is 6.92 Å². The molecule has 1 aromatic rings. The van der Waals surface area contributed by atoms with Gasteiger partial charge in [-0.3, -0.25) is 4.79 Å². The molecule has 0 radical (unpaired) electrons. The van der Waals surface area contributed by atoms with Gasteiger partial charge in [-0.25, -0.2) is 0 Å². The first-order valence-electron chi connectivity index (χ1n) is 7.87. The fraction of sp³-hybridized carbons (Fsp3) is 0.588. The van der Waals surface area contributed by atoms with Gasteiger partial charge in [-0.2, -0.15) is 0 Å². The Morgan fingerprint density at radius 1 is 1.48 bits per heavy atom. The van der Waals surface area contributed by atoms with Crippen LogP contribution in [0.25, 0.3) is 0 Å². The summed E-state index contributed by atoms with van der Waals surface area (Å²) in [5.74, 6) is 0.641. The molecule has 1 aliphatic carbocycles. The van der Waals surface area contributed by atoms with Crippen molar-refractivity contribution >= 4 is 5.91 Å². The fourth-order valence-electron chi connectivity index (χ4n) is 2.68. The Bertz CT molecular complexity index is 487. The van der Waals surface area contributed by atoms with Crippen molar-refractivity contribution in [1.82, 2.24) is 5.32 Å². The summed E-state index contributed by atoms with van der Waals surface area (Å²) < 4.78 is 5.80. The number of aliphatic hydroxyl groups is 1. The van der Waals surface area contributed by atoms with Crippen molar-refractivity contribution in [1.29, 1.82) is 0 Å². The van der Waals surface area contributed by atoms with Gasteiger partial charge >= 0.3 is 0 Å². The molecule has 2 N–H and O–H groups in total. The number of hydrogen-bond donors (Lipinski definition) is 2. The van der Waals surface area contributed by atoms with Crippen LogP contribution in [0.3, 0.4) is 0 Å². The molecule has 4 heteroatoms. The second-order valence-corrected chi connectivity index (χ2v) is 5.64. The Hall–Kier alpha value is -1.55. The van der Waals surface area contributed by atoms with Crippen molar-refractivity contribution in [3.8, 4) is 5.75 Å². The van der Waals surface area contributed by atoms with Crippen LogP contribution < -0.4 is 10.1 Å². The van der Waals surface area contributed by atoms with Crippen LogP contribution in [0.15, 0.2) is 18.2 Å². The maximum absolute atomic E-state index is 12.0. The summed E-state index contributed by atoms with van der Waals surface area (Å²) >= 11 is 0. The number of unbranched alkanes of at least 4 members (excludes halogenated alkanes) is 2. The number of rotatable bonds is 7. The van der Waals surface area contributed by atoms with E-state index in [9.17, 15) is 9.90 Å². The van der Waals surface area contributed by atoms with Crippen molar-refractivity contribution in [2.75, 3.05) is 6.54 Å². The van der Waals surface area contributed by atoms with E-state index in [2.05, 4.69) is 12.2 Å². The third kappa shape index (κ3) is 3.97. The van der Waals surface area contributed by atoms with E-state index >= 15 is 0 Å². The highest BCUT2D eigenvalue weighted by atomic mass is 16.5. The molecular formula is C17H25NO3. The van der Waals surface area contributed by atoms with Gasteiger partial charge < -0.3 is 15.2 Å². The Morgan fingerprint density at radius 3 is 3.05 bits per heavy atom. The van der Waals surface area contributed by atoms with E-state index in [4.69, 9.17) is 4.74 Å². The molecule has 2 rings (SSSR count). The van der Waals surface area contributed by atoms with Crippen LogP contribution in [0.1, 0.15) is 56.8 Å². The average Bonchev–Trinajstić information content (AvgIpc) is 2.86. The minimum atomic E-state index is -0.518. The summed E-state index contributed by atoms with van der Waals surface area (Å²) in [6.07, 6.45) is 3.88. The highest BCUT2D eigenvalue weighted by molar-refractivity contribution is 5.80. The Kier molecular flexibility index (Phi) is 5.62. The third-order valence-corrected chi connectivity index (χ3v) is 3.95. The molecule has 0 bridgehead atoms. The average molecular weight is 291 g/mol. The van der Waals surface area contributed by atoms with Crippen LogP contribution in [0.5, 0.6) is 5.75 Å². The molecule has 0 spiro atoms. The first-order chi connectivity index (χ1) is 10.1. The second-order valence-electron chi connectivity index (χ2n) is 5.64. The lowest BCUT2D eigenvalue weighted by molar-refractivity contribution is -0.127. The lowest BCUT2D eigenvalue weighted by atomic mass is 10.1. The SMILES string of the molecule is CCCCCNC(=O)C(C)Oc1cccc2c1CCC2O. The van der Waals surface area contributed by atoms with Crippen LogP contribution in [0, 0.1) is 0 Å². The molecule has 0 heterocycles. The molecule has 1 amide bonds. The molecule has 0 aromatic heterocycles. The molecule has 0 aliphatic heterocycles. The molecule has 0 saturated heterocycles. The van der Waals surface area contributed by atoms with Gasteiger partial charge in [-0.05, 0) is 37.8 Å². The number of hydrogen-bond acceptors (Lipinski definition) is 3. The normalized spacial score (nSPS) is 18.1. The van der Waals surface area contributed by atoms with Crippen LogP contribution in [0.2, 0.25) is 0 Å². The minimum absolute atomic E-state index is 0.0812. The lowest BCUT2D eigenvalue weighted by Gasteiger charge is -2.17. The smallest absolute Gasteiger partial charge is 0.260 e. The summed E-state index contributed by atoms with van der Waals surface area (Å²) in [6, 6.07) is 5.67. The number of benzene rings is 1. The maximum atomic E-state index is 12.0. The Balaban J connectivity index is 1.91. The van der Waals surface area contributed by atoms with Crippen LogP contribution in [0.4, 0.5) is 0 Å². The van der Waals surface area contributed by atoms with E-state index in [-0.39, 0.29) is 5.91 Å². The van der Waals surface area contributed by atoms with Crippen molar-refractivity contribution in [3.63, 3.8) is 0 Å². The minimum Gasteiger partial charge on any atom is -0.481 e. The zero-order valence-corrected chi connectivity index (χ0v) is 12.9. The predicted octanol–water partition coefficient (Wildman–Crippen LogP) is 2.74. The number of ether oxygens (including phenoxy) is 1. The van der Waals surface area contributed by atoms with Gasteiger partial charge in [0.1, 0.15) is 5.75 Å². The van der Waals surface area contributed by atoms with Crippen molar-refractivity contribution in [2.24, 2.45) is 0 Å². The largest absolute Gasteiger partial charge is 0.481 e. The number of carbonyl (C=O) groups is 1. The molecule has 4 nitrogen and oxygen atoms in total. The van der Waals surface area contributed by atoms with Crippen molar-refractivity contribution in [2.45, 2.75) is 58.2 Å². The summed E-state index contributed by atoms with van der Waals surface area (Å²) in [4.78, 5) is 12.0. The van der Waals surface area contributed by atoms with Gasteiger partial charge in [0, 0.05) is 12.1 Å². The molecule has 2 unspecified atom stereocenters. The van der Waals surface area contributed by atoms with E-state index in [0.29, 0.717) is 6.54 Å². The van der Waals surface area contributed by atoms with E-state index in [1.165, 1.54) is 0 Å². The molecule has 1 aromatic carbocycles. The molecule has 2 atom stereocenters. The van der Waals surface area contributed by atoms with Gasteiger partial charge in [-0.1, -0.05) is 31.9 Å². The first kappa shape index (κ1) is 15.8. The van der Waals surface area contributed by atoms with Crippen LogP contribution in [-0.2, 0) is 11.2 Å². The first-order valence-corrected chi connectivity index (χ1v) is 7.87. The summed E-state index contributed by atoms with van der Waals surface area (Å²) in [5, 5.41) is 12.8. The monoisotopic (exact) mass is 291 g/mol. The van der Waals surface area contributed by atoms with Gasteiger partial charge in [0.05, 0.1) is 6.10 Å². The topological polar surface area (TPSA) is 58.6 Å². The van der Waals surface area contributed by atoms with Crippen molar-refractivity contribution in [3.05, 3.63) is 29.3 Å². The number of nitrogens with one attached hydrogen (secondary N) is 1. The molecule has 21 heavy (non-hydrogen) atoms. The second kappa shape index (κ2) is 7.46. The quantitative estimate of drug-likeness (QED) is 0.759. The lowest BCUT2D eigenvalue weighted by Crippen LogP contribution is -2.37. The Labute approximate surface area is 126 Å². The molecule has 0 fully saturated rings. The molecule has 0 saturated carbocycles. The van der Waals surface area contributed by atoms with E-state index in [0.717, 1.165) is 49.0 Å². The maximum Gasteiger partial charge on any atom is 0.260 e. The summed E-state index contributed by atoms with van der Waals surface area (Å²) in [7, 11) is 0. The summed E-state index contributed by atoms with van der Waals surface area (Å²) in [5.41, 5.74) is 1.97. The number of fused-ring (bicyclic) bond motifs is 1. The highest BCUT2D eigenvalue weighted by Gasteiger charge is 2.24. The third-order valence-electron chi connectivity index (χ3n) is 3.95. The summed E-state index contributed by atoms with van der Waals surface area (Å²) in [6.45, 7) is 4.60. The molecule has 1 aliphatic rings. The van der Waals surface area contributed by atoms with E-state index < -0.39 is 12.2 Å². The number of amides is 1. The van der Waals surface area contributed by atoms with E-state index in [1.807, 2.05) is 18.2 Å². The number of carbonyl (C=O) groups excluding carboxylic acids is 1. The predicted molar refractivity (Wildman–Crippen MR) is 82.3 cm³/mol. The van der Waals surface area contributed by atoms with Gasteiger partial charge in [0.15, 0.2) is 6.10 Å². The Morgan fingerprint density at radius 2 is 2.29 bits per heavy atom.